The van der Waals surface area contributed by atoms with Crippen molar-refractivity contribution in [2.45, 2.75) is 20.0 Å². The van der Waals surface area contributed by atoms with Crippen molar-refractivity contribution in [3.8, 4) is 5.75 Å². The molecule has 2 heterocycles. The summed E-state index contributed by atoms with van der Waals surface area (Å²) >= 11 is 0. The molecule has 7 nitrogen and oxygen atoms in total. The summed E-state index contributed by atoms with van der Waals surface area (Å²) in [6.45, 7) is 2.00. The van der Waals surface area contributed by atoms with Crippen LogP contribution in [0.15, 0.2) is 45.3 Å². The van der Waals surface area contributed by atoms with Gasteiger partial charge in [0.15, 0.2) is 6.61 Å². The molecule has 0 fully saturated rings. The largest absolute Gasteiger partial charge is 0.485 e. The third kappa shape index (κ3) is 3.81. The van der Waals surface area contributed by atoms with Crippen LogP contribution in [0.25, 0.3) is 0 Å². The first-order chi connectivity index (χ1) is 11.6. The van der Waals surface area contributed by atoms with Gasteiger partial charge in [-0.15, -0.1) is 0 Å². The van der Waals surface area contributed by atoms with Crippen LogP contribution in [-0.4, -0.2) is 23.2 Å². The summed E-state index contributed by atoms with van der Waals surface area (Å²) in [4.78, 5) is 15.7. The smallest absolute Gasteiger partial charge is 0.337 e. The normalized spacial score (nSPS) is 10.6. The molecule has 0 amide bonds. The Morgan fingerprint density at radius 2 is 2.12 bits per heavy atom. The Bertz CT molecular complexity index is 837. The van der Waals surface area contributed by atoms with E-state index < -0.39 is 5.97 Å². The van der Waals surface area contributed by atoms with Crippen molar-refractivity contribution in [2.24, 2.45) is 0 Å². The van der Waals surface area contributed by atoms with Crippen molar-refractivity contribution in [3.05, 3.63) is 65.2 Å². The van der Waals surface area contributed by atoms with Gasteiger partial charge in [-0.05, 0) is 37.3 Å². The predicted molar refractivity (Wildman–Crippen MR) is 82.7 cm³/mol. The summed E-state index contributed by atoms with van der Waals surface area (Å²) in [6.07, 6.45) is 0.429. The van der Waals surface area contributed by atoms with E-state index in [2.05, 4.69) is 14.9 Å². The lowest BCUT2D eigenvalue weighted by atomic mass is 10.2. The van der Waals surface area contributed by atoms with Crippen LogP contribution in [0, 0.1) is 6.92 Å². The molecule has 0 radical (unpaired) electrons. The molecule has 0 spiro atoms. The monoisotopic (exact) mass is 328 g/mol. The fourth-order valence-corrected chi connectivity index (χ4v) is 2.13. The summed E-state index contributed by atoms with van der Waals surface area (Å²) in [5.41, 5.74) is 0.414. The van der Waals surface area contributed by atoms with Crippen molar-refractivity contribution in [1.82, 2.24) is 10.1 Å². The average Bonchev–Trinajstić information content (AvgIpc) is 3.21. The van der Waals surface area contributed by atoms with E-state index in [9.17, 15) is 4.79 Å². The van der Waals surface area contributed by atoms with E-state index in [1.54, 1.807) is 24.3 Å². The second kappa shape index (κ2) is 6.99. The first kappa shape index (κ1) is 15.8. The number of carbonyl (C=O) groups excluding carboxylic acids is 1. The molecule has 3 aromatic rings. The number of hydrogen-bond acceptors (Lipinski definition) is 7. The Balaban J connectivity index is 1.60. The molecule has 0 aliphatic rings. The summed E-state index contributed by atoms with van der Waals surface area (Å²) in [7, 11) is 1.33. The minimum Gasteiger partial charge on any atom is -0.485 e. The lowest BCUT2D eigenvalue weighted by Crippen LogP contribution is -2.02. The van der Waals surface area contributed by atoms with Crippen LogP contribution in [0.3, 0.4) is 0 Å². The summed E-state index contributed by atoms with van der Waals surface area (Å²) < 4.78 is 20.9. The minimum absolute atomic E-state index is 0.130. The van der Waals surface area contributed by atoms with Crippen molar-refractivity contribution in [2.75, 3.05) is 7.11 Å². The van der Waals surface area contributed by atoms with Crippen LogP contribution in [0.5, 0.6) is 5.75 Å². The first-order valence-electron chi connectivity index (χ1n) is 7.32. The lowest BCUT2D eigenvalue weighted by molar-refractivity contribution is 0.0600. The van der Waals surface area contributed by atoms with Gasteiger partial charge in [-0.1, -0.05) is 11.2 Å². The molecular weight excluding hydrogens is 312 g/mol. The van der Waals surface area contributed by atoms with E-state index in [4.69, 9.17) is 13.7 Å². The maximum atomic E-state index is 11.5. The Morgan fingerprint density at radius 3 is 2.88 bits per heavy atom. The van der Waals surface area contributed by atoms with E-state index in [-0.39, 0.29) is 6.61 Å². The van der Waals surface area contributed by atoms with E-state index in [0.29, 0.717) is 29.4 Å². The number of methoxy groups -OCH3 is 1. The maximum absolute atomic E-state index is 11.5. The third-order valence-corrected chi connectivity index (χ3v) is 3.25. The number of aryl methyl sites for hydroxylation is 1. The first-order valence-corrected chi connectivity index (χ1v) is 7.32. The molecule has 0 N–H and O–H groups in total. The highest BCUT2D eigenvalue weighted by atomic mass is 16.5. The van der Waals surface area contributed by atoms with Crippen molar-refractivity contribution in [3.63, 3.8) is 0 Å². The highest BCUT2D eigenvalue weighted by Crippen LogP contribution is 2.16. The van der Waals surface area contributed by atoms with Gasteiger partial charge in [0.25, 0.3) is 0 Å². The van der Waals surface area contributed by atoms with Gasteiger partial charge < -0.3 is 18.4 Å². The van der Waals surface area contributed by atoms with Gasteiger partial charge in [0, 0.05) is 0 Å². The number of aromatic nitrogens is 2. The summed E-state index contributed by atoms with van der Waals surface area (Å²) in [5, 5.41) is 3.86. The van der Waals surface area contributed by atoms with Gasteiger partial charge in [-0.2, -0.15) is 4.98 Å². The van der Waals surface area contributed by atoms with E-state index >= 15 is 0 Å². The Labute approximate surface area is 138 Å². The van der Waals surface area contributed by atoms with Crippen LogP contribution in [-0.2, 0) is 17.8 Å². The van der Waals surface area contributed by atoms with Crippen LogP contribution in [0.4, 0.5) is 0 Å². The number of benzene rings is 1. The molecule has 124 valence electrons. The molecule has 0 saturated carbocycles. The molecule has 2 aromatic heterocycles. The van der Waals surface area contributed by atoms with Gasteiger partial charge in [0.05, 0.1) is 19.1 Å². The van der Waals surface area contributed by atoms with Crippen LogP contribution < -0.4 is 4.74 Å². The number of rotatable bonds is 6. The molecule has 0 aliphatic heterocycles. The van der Waals surface area contributed by atoms with Crippen LogP contribution in [0.2, 0.25) is 0 Å². The van der Waals surface area contributed by atoms with E-state index in [0.717, 1.165) is 11.5 Å². The molecule has 3 rings (SSSR count). The third-order valence-electron chi connectivity index (χ3n) is 3.25. The molecule has 24 heavy (non-hydrogen) atoms. The maximum Gasteiger partial charge on any atom is 0.337 e. The molecule has 1 aromatic carbocycles. The number of nitrogens with zero attached hydrogens (tertiary/aromatic N) is 2. The molecular formula is C17H16N2O5. The summed E-state index contributed by atoms with van der Waals surface area (Å²) in [5.74, 6) is 2.55. The Morgan fingerprint density at radius 1 is 1.25 bits per heavy atom. The molecule has 0 atom stereocenters. The minimum atomic E-state index is -0.420. The van der Waals surface area contributed by atoms with Crippen molar-refractivity contribution >= 4 is 5.97 Å². The summed E-state index contributed by atoms with van der Waals surface area (Å²) in [6, 6.07) is 10.4. The topological polar surface area (TPSA) is 87.6 Å². The Hall–Kier alpha value is -3.09. The van der Waals surface area contributed by atoms with Gasteiger partial charge in [-0.3, -0.25) is 0 Å². The number of hydrogen-bond donors (Lipinski definition) is 0. The van der Waals surface area contributed by atoms with E-state index in [1.165, 1.54) is 7.11 Å². The second-order valence-corrected chi connectivity index (χ2v) is 5.10. The second-order valence-electron chi connectivity index (χ2n) is 5.10. The van der Waals surface area contributed by atoms with Gasteiger partial charge in [-0.25, -0.2) is 4.79 Å². The van der Waals surface area contributed by atoms with Gasteiger partial charge >= 0.3 is 5.97 Å². The quantitative estimate of drug-likeness (QED) is 0.643. The van der Waals surface area contributed by atoms with Crippen molar-refractivity contribution < 1.29 is 23.2 Å². The Kier molecular flexibility index (Phi) is 4.60. The molecule has 0 aliphatic carbocycles. The molecule has 7 heteroatoms. The zero-order valence-corrected chi connectivity index (χ0v) is 13.3. The number of esters is 1. The SMILES string of the molecule is COC(=O)c1cccc(OCc2noc(Cc3ccc(C)o3)n2)c1. The number of carbonyl (C=O) groups is 1. The predicted octanol–water partition coefficient (Wildman–Crippen LogP) is 2.93. The zero-order valence-electron chi connectivity index (χ0n) is 13.3. The van der Waals surface area contributed by atoms with Crippen LogP contribution >= 0.6 is 0 Å². The van der Waals surface area contributed by atoms with Crippen molar-refractivity contribution in [1.29, 1.82) is 0 Å². The lowest BCUT2D eigenvalue weighted by Gasteiger charge is -2.05. The average molecular weight is 328 g/mol. The van der Waals surface area contributed by atoms with Gasteiger partial charge in [0.2, 0.25) is 11.7 Å². The van der Waals surface area contributed by atoms with Gasteiger partial charge in [0.1, 0.15) is 17.3 Å². The molecule has 0 bridgehead atoms. The highest BCUT2D eigenvalue weighted by molar-refractivity contribution is 5.89. The molecule has 0 saturated heterocycles. The zero-order chi connectivity index (χ0) is 16.9. The van der Waals surface area contributed by atoms with Crippen LogP contribution in [0.1, 0.15) is 33.6 Å². The van der Waals surface area contributed by atoms with E-state index in [1.807, 2.05) is 19.1 Å². The molecule has 0 unspecified atom stereocenters. The number of furan rings is 1. The number of ether oxygens (including phenoxy) is 2. The fourth-order valence-electron chi connectivity index (χ4n) is 2.13. The standard InChI is InChI=1S/C17H16N2O5/c1-11-6-7-14(23-11)9-16-18-15(19-24-16)10-22-13-5-3-4-12(8-13)17(20)21-2/h3-8H,9-10H2,1-2H3. The fraction of sp³-hybridized carbons (Fsp3) is 0.235. The highest BCUT2D eigenvalue weighted by Gasteiger charge is 2.11.